The van der Waals surface area contributed by atoms with E-state index in [1.54, 1.807) is 0 Å². The highest BCUT2D eigenvalue weighted by Crippen LogP contribution is 2.27. The first-order chi connectivity index (χ1) is 9.97. The van der Waals surface area contributed by atoms with Gasteiger partial charge in [-0.1, -0.05) is 26.7 Å². The molecule has 0 amide bonds. The van der Waals surface area contributed by atoms with Gasteiger partial charge in [-0.2, -0.15) is 4.98 Å². The van der Waals surface area contributed by atoms with Crippen molar-refractivity contribution in [3.63, 3.8) is 0 Å². The number of nitrogens with zero attached hydrogens (tertiary/aromatic N) is 3. The van der Waals surface area contributed by atoms with Gasteiger partial charge >= 0.3 is 0 Å². The van der Waals surface area contributed by atoms with Crippen LogP contribution < -0.4 is 11.1 Å². The minimum atomic E-state index is -0.434. The number of rotatable bonds is 6. The van der Waals surface area contributed by atoms with Crippen LogP contribution in [-0.2, 0) is 0 Å². The number of nitrogens with one attached hydrogen (secondary N) is 1. The lowest BCUT2D eigenvalue weighted by molar-refractivity contribution is 0.438. The summed E-state index contributed by atoms with van der Waals surface area (Å²) in [6.07, 6.45) is 5.39. The molecule has 0 aliphatic rings. The first-order valence-electron chi connectivity index (χ1n) is 7.34. The summed E-state index contributed by atoms with van der Waals surface area (Å²) >= 11 is 0. The molecule has 2 rings (SSSR count). The van der Waals surface area contributed by atoms with E-state index in [1.165, 1.54) is 12.3 Å². The first-order valence-corrected chi connectivity index (χ1v) is 7.34. The Kier molecular flexibility index (Phi) is 4.55. The molecule has 0 aliphatic heterocycles. The van der Waals surface area contributed by atoms with Crippen molar-refractivity contribution in [2.75, 3.05) is 11.1 Å². The molecule has 1 atom stereocenters. The van der Waals surface area contributed by atoms with Crippen LogP contribution >= 0.6 is 0 Å². The van der Waals surface area contributed by atoms with E-state index in [4.69, 9.17) is 5.73 Å². The monoisotopic (exact) mass is 291 g/mol. The van der Waals surface area contributed by atoms with Gasteiger partial charge in [-0.25, -0.2) is 14.4 Å². The maximum atomic E-state index is 13.3. The largest absolute Gasteiger partial charge is 0.368 e. The standard InChI is InChI=1S/C15H22FN5/c1-4-6-7-15(3,5-2)21-13-12-11(19-14(17)20-13)8-10(16)9-18-12/h8-9H,4-7H2,1-3H3,(H3,17,19,20,21). The molecule has 0 aromatic carbocycles. The van der Waals surface area contributed by atoms with Crippen molar-refractivity contribution in [2.24, 2.45) is 0 Å². The van der Waals surface area contributed by atoms with E-state index in [2.05, 4.69) is 41.0 Å². The molecule has 0 bridgehead atoms. The number of hydrogen-bond acceptors (Lipinski definition) is 5. The fraction of sp³-hybridized carbons (Fsp3) is 0.533. The van der Waals surface area contributed by atoms with Crippen LogP contribution in [0, 0.1) is 5.82 Å². The number of unbranched alkanes of at least 4 members (excludes halogenated alkanes) is 1. The van der Waals surface area contributed by atoms with Crippen LogP contribution in [0.15, 0.2) is 12.3 Å². The van der Waals surface area contributed by atoms with Crippen LogP contribution in [0.25, 0.3) is 11.0 Å². The second-order valence-corrected chi connectivity index (χ2v) is 5.59. The zero-order chi connectivity index (χ0) is 15.5. The Balaban J connectivity index is 2.41. The topological polar surface area (TPSA) is 76.7 Å². The Hall–Kier alpha value is -1.98. The summed E-state index contributed by atoms with van der Waals surface area (Å²) in [7, 11) is 0. The quantitative estimate of drug-likeness (QED) is 0.851. The highest BCUT2D eigenvalue weighted by atomic mass is 19.1. The lowest BCUT2D eigenvalue weighted by atomic mass is 9.92. The fourth-order valence-corrected chi connectivity index (χ4v) is 2.28. The Morgan fingerprint density at radius 1 is 1.33 bits per heavy atom. The molecule has 2 aromatic rings. The predicted molar refractivity (Wildman–Crippen MR) is 83.5 cm³/mol. The number of nitrogens with two attached hydrogens (primary N) is 1. The van der Waals surface area contributed by atoms with Gasteiger partial charge in [0.2, 0.25) is 5.95 Å². The summed E-state index contributed by atoms with van der Waals surface area (Å²) in [6.45, 7) is 6.44. The van der Waals surface area contributed by atoms with Crippen molar-refractivity contribution >= 4 is 22.8 Å². The fourth-order valence-electron chi connectivity index (χ4n) is 2.28. The first kappa shape index (κ1) is 15.4. The maximum Gasteiger partial charge on any atom is 0.222 e. The maximum absolute atomic E-state index is 13.3. The third-order valence-corrected chi connectivity index (χ3v) is 3.80. The summed E-state index contributed by atoms with van der Waals surface area (Å²) in [5.74, 6) is 0.250. The van der Waals surface area contributed by atoms with Crippen molar-refractivity contribution in [3.05, 3.63) is 18.1 Å². The molecule has 114 valence electrons. The summed E-state index contributed by atoms with van der Waals surface area (Å²) in [6, 6.07) is 1.32. The molecule has 0 radical (unpaired) electrons. The van der Waals surface area contributed by atoms with Crippen LogP contribution in [-0.4, -0.2) is 20.5 Å². The van der Waals surface area contributed by atoms with E-state index in [1.807, 2.05) is 0 Å². The van der Waals surface area contributed by atoms with Crippen molar-refractivity contribution < 1.29 is 4.39 Å². The average Bonchev–Trinajstić information content (AvgIpc) is 2.44. The van der Waals surface area contributed by atoms with E-state index in [9.17, 15) is 4.39 Å². The lowest BCUT2D eigenvalue weighted by Gasteiger charge is -2.30. The van der Waals surface area contributed by atoms with Gasteiger partial charge in [0, 0.05) is 11.6 Å². The zero-order valence-corrected chi connectivity index (χ0v) is 12.8. The average molecular weight is 291 g/mol. The number of halogens is 1. The number of nitrogen functional groups attached to an aromatic ring is 1. The van der Waals surface area contributed by atoms with Crippen LogP contribution in [0.4, 0.5) is 16.2 Å². The molecule has 0 saturated carbocycles. The smallest absolute Gasteiger partial charge is 0.222 e. The van der Waals surface area contributed by atoms with E-state index in [0.717, 1.165) is 25.7 Å². The lowest BCUT2D eigenvalue weighted by Crippen LogP contribution is -2.34. The molecule has 1 unspecified atom stereocenters. The van der Waals surface area contributed by atoms with E-state index in [-0.39, 0.29) is 11.5 Å². The number of aromatic nitrogens is 3. The molecule has 21 heavy (non-hydrogen) atoms. The Bertz CT molecular complexity index is 625. The number of anilines is 2. The molecule has 0 saturated heterocycles. The second kappa shape index (κ2) is 6.20. The summed E-state index contributed by atoms with van der Waals surface area (Å²) in [5, 5.41) is 3.43. The highest BCUT2D eigenvalue weighted by Gasteiger charge is 2.23. The molecule has 0 fully saturated rings. The second-order valence-electron chi connectivity index (χ2n) is 5.59. The molecular weight excluding hydrogens is 269 g/mol. The van der Waals surface area contributed by atoms with Crippen molar-refractivity contribution in [3.8, 4) is 0 Å². The highest BCUT2D eigenvalue weighted by molar-refractivity contribution is 5.86. The Morgan fingerprint density at radius 3 is 2.76 bits per heavy atom. The molecule has 2 heterocycles. The van der Waals surface area contributed by atoms with Crippen LogP contribution in [0.5, 0.6) is 0 Å². The van der Waals surface area contributed by atoms with Crippen LogP contribution in [0.1, 0.15) is 46.5 Å². The third-order valence-electron chi connectivity index (χ3n) is 3.80. The van der Waals surface area contributed by atoms with Gasteiger partial charge in [0.15, 0.2) is 5.82 Å². The zero-order valence-electron chi connectivity index (χ0n) is 12.8. The molecule has 0 spiro atoms. The Labute approximate surface area is 124 Å². The van der Waals surface area contributed by atoms with Gasteiger partial charge in [-0.15, -0.1) is 0 Å². The third kappa shape index (κ3) is 3.56. The van der Waals surface area contributed by atoms with Crippen LogP contribution in [0.2, 0.25) is 0 Å². The molecular formula is C15H22FN5. The van der Waals surface area contributed by atoms with Gasteiger partial charge in [-0.05, 0) is 19.8 Å². The van der Waals surface area contributed by atoms with Gasteiger partial charge < -0.3 is 11.1 Å². The molecule has 2 aromatic heterocycles. The van der Waals surface area contributed by atoms with Gasteiger partial charge in [0.05, 0.1) is 11.7 Å². The van der Waals surface area contributed by atoms with Crippen molar-refractivity contribution in [2.45, 2.75) is 52.0 Å². The molecule has 0 aliphatic carbocycles. The van der Waals surface area contributed by atoms with Crippen molar-refractivity contribution in [1.29, 1.82) is 0 Å². The van der Waals surface area contributed by atoms with Gasteiger partial charge in [0.1, 0.15) is 11.3 Å². The minimum absolute atomic E-state index is 0.0974. The molecule has 6 heteroatoms. The Morgan fingerprint density at radius 2 is 2.10 bits per heavy atom. The molecule has 3 N–H and O–H groups in total. The van der Waals surface area contributed by atoms with Crippen molar-refractivity contribution in [1.82, 2.24) is 15.0 Å². The van der Waals surface area contributed by atoms with Gasteiger partial charge in [-0.3, -0.25) is 0 Å². The summed E-state index contributed by atoms with van der Waals surface area (Å²) in [5.41, 5.74) is 6.58. The minimum Gasteiger partial charge on any atom is -0.368 e. The van der Waals surface area contributed by atoms with E-state index >= 15 is 0 Å². The van der Waals surface area contributed by atoms with Crippen LogP contribution in [0.3, 0.4) is 0 Å². The van der Waals surface area contributed by atoms with Gasteiger partial charge in [0.25, 0.3) is 0 Å². The predicted octanol–water partition coefficient (Wildman–Crippen LogP) is 3.52. The van der Waals surface area contributed by atoms with E-state index in [0.29, 0.717) is 16.9 Å². The number of hydrogen-bond donors (Lipinski definition) is 2. The number of fused-ring (bicyclic) bond motifs is 1. The summed E-state index contributed by atoms with van der Waals surface area (Å²) < 4.78 is 13.3. The normalized spacial score (nSPS) is 14.1. The molecule has 5 nitrogen and oxygen atoms in total. The van der Waals surface area contributed by atoms with E-state index < -0.39 is 5.82 Å². The number of pyridine rings is 1. The SMILES string of the molecule is CCCCC(C)(CC)Nc1nc(N)nc2cc(F)cnc12. The summed E-state index contributed by atoms with van der Waals surface area (Å²) in [4.78, 5) is 12.4.